The fourth-order valence-corrected chi connectivity index (χ4v) is 2.23. The van der Waals surface area contributed by atoms with Crippen molar-refractivity contribution in [1.29, 1.82) is 0 Å². The van der Waals surface area contributed by atoms with Gasteiger partial charge in [-0.2, -0.15) is 0 Å². The first-order valence-electron chi connectivity index (χ1n) is 5.78. The summed E-state index contributed by atoms with van der Waals surface area (Å²) in [6, 6.07) is 5.62. The Bertz CT molecular complexity index is 650. The first-order chi connectivity index (χ1) is 9.47. The Kier molecular flexibility index (Phi) is 4.09. The average molecular weight is 293 g/mol. The maximum absolute atomic E-state index is 13.3. The molecule has 0 unspecified atom stereocenters. The van der Waals surface area contributed by atoms with Crippen LogP contribution in [0.2, 0.25) is 0 Å². The van der Waals surface area contributed by atoms with Gasteiger partial charge in [0.05, 0.1) is 11.4 Å². The zero-order chi connectivity index (χ0) is 14.7. The number of aryl methyl sites for hydroxylation is 2. The molecule has 0 fully saturated rings. The van der Waals surface area contributed by atoms with Crippen LogP contribution in [0.15, 0.2) is 24.3 Å². The number of halogens is 1. The smallest absolute Gasteiger partial charge is 0.315 e. The number of thiazole rings is 1. The predicted molar refractivity (Wildman–Crippen MR) is 75.2 cm³/mol. The molecule has 1 aromatic heterocycles. The molecule has 0 aliphatic carbocycles. The minimum absolute atomic E-state index is 0.0425. The van der Waals surface area contributed by atoms with Crippen LogP contribution < -0.4 is 10.6 Å². The Balaban J connectivity index is 2.02. The van der Waals surface area contributed by atoms with Crippen molar-refractivity contribution in [3.8, 4) is 0 Å². The van der Waals surface area contributed by atoms with Gasteiger partial charge < -0.3 is 5.32 Å². The van der Waals surface area contributed by atoms with Crippen LogP contribution in [0.4, 0.5) is 15.2 Å². The lowest BCUT2D eigenvalue weighted by atomic mass is 10.3. The van der Waals surface area contributed by atoms with Gasteiger partial charge >= 0.3 is 11.8 Å². The summed E-state index contributed by atoms with van der Waals surface area (Å²) in [5.41, 5.74) is 0.749. The number of aromatic nitrogens is 1. The highest BCUT2D eigenvalue weighted by Gasteiger charge is 2.17. The largest absolute Gasteiger partial charge is 0.315 e. The van der Waals surface area contributed by atoms with Gasteiger partial charge in [-0.15, -0.1) is 11.3 Å². The summed E-state index contributed by atoms with van der Waals surface area (Å²) in [7, 11) is 0. The van der Waals surface area contributed by atoms with E-state index in [1.807, 2.05) is 6.92 Å². The number of amides is 2. The van der Waals surface area contributed by atoms with Gasteiger partial charge in [0.2, 0.25) is 0 Å². The van der Waals surface area contributed by atoms with Crippen LogP contribution in [0.25, 0.3) is 0 Å². The lowest BCUT2D eigenvalue weighted by Gasteiger charge is -2.05. The van der Waals surface area contributed by atoms with E-state index in [2.05, 4.69) is 15.6 Å². The van der Waals surface area contributed by atoms with Gasteiger partial charge in [-0.25, -0.2) is 9.37 Å². The number of benzene rings is 1. The molecule has 104 valence electrons. The van der Waals surface area contributed by atoms with Gasteiger partial charge in [-0.3, -0.25) is 14.9 Å². The zero-order valence-electron chi connectivity index (χ0n) is 10.9. The van der Waals surface area contributed by atoms with E-state index in [4.69, 9.17) is 0 Å². The van der Waals surface area contributed by atoms with Gasteiger partial charge in [0.15, 0.2) is 5.13 Å². The Labute approximate surface area is 118 Å². The molecule has 2 N–H and O–H groups in total. The molecule has 0 bridgehead atoms. The number of rotatable bonds is 2. The summed E-state index contributed by atoms with van der Waals surface area (Å²) < 4.78 is 13.3. The second-order valence-corrected chi connectivity index (χ2v) is 5.25. The molecule has 1 aromatic carbocycles. The second kappa shape index (κ2) is 5.79. The van der Waals surface area contributed by atoms with Gasteiger partial charge in [0.25, 0.3) is 0 Å². The Morgan fingerprint density at radius 2 is 1.80 bits per heavy atom. The predicted octanol–water partition coefficient (Wildman–Crippen LogP) is 2.48. The third kappa shape index (κ3) is 3.18. The molecule has 0 aliphatic heterocycles. The van der Waals surface area contributed by atoms with Crippen molar-refractivity contribution in [1.82, 2.24) is 4.98 Å². The number of carbonyl (C=O) groups excluding carboxylic acids is 2. The quantitative estimate of drug-likeness (QED) is 0.836. The maximum Gasteiger partial charge on any atom is 0.315 e. The minimum atomic E-state index is -0.944. The summed E-state index contributed by atoms with van der Waals surface area (Å²) in [6.45, 7) is 3.67. The Hall–Kier alpha value is -2.28. The molecule has 7 heteroatoms. The van der Waals surface area contributed by atoms with E-state index in [-0.39, 0.29) is 5.69 Å². The van der Waals surface area contributed by atoms with Crippen LogP contribution in [0.1, 0.15) is 10.6 Å². The summed E-state index contributed by atoms with van der Waals surface area (Å²) in [6.07, 6.45) is 0. The summed E-state index contributed by atoms with van der Waals surface area (Å²) >= 11 is 1.27. The summed E-state index contributed by atoms with van der Waals surface area (Å²) in [4.78, 5) is 28.4. The highest BCUT2D eigenvalue weighted by molar-refractivity contribution is 7.15. The van der Waals surface area contributed by atoms with E-state index in [0.717, 1.165) is 10.6 Å². The number of hydrogen-bond donors (Lipinski definition) is 2. The molecule has 0 atom stereocenters. The van der Waals surface area contributed by atoms with Crippen molar-refractivity contribution in [3.05, 3.63) is 40.7 Å². The molecule has 2 amide bonds. The summed E-state index contributed by atoms with van der Waals surface area (Å²) in [5, 5.41) is 4.92. The topological polar surface area (TPSA) is 71.1 Å². The van der Waals surface area contributed by atoms with E-state index in [1.54, 1.807) is 13.0 Å². The van der Waals surface area contributed by atoms with Crippen molar-refractivity contribution in [2.45, 2.75) is 13.8 Å². The number of anilines is 2. The van der Waals surface area contributed by atoms with E-state index in [0.29, 0.717) is 5.13 Å². The molecule has 2 aromatic rings. The van der Waals surface area contributed by atoms with Crippen molar-refractivity contribution in [3.63, 3.8) is 0 Å². The molecule has 0 radical (unpaired) electrons. The Morgan fingerprint density at radius 3 is 2.40 bits per heavy atom. The van der Waals surface area contributed by atoms with Gasteiger partial charge in [-0.1, -0.05) is 12.1 Å². The second-order valence-electron chi connectivity index (χ2n) is 4.05. The fourth-order valence-electron chi connectivity index (χ4n) is 1.42. The van der Waals surface area contributed by atoms with Crippen LogP contribution >= 0.6 is 11.3 Å². The van der Waals surface area contributed by atoms with Gasteiger partial charge in [0, 0.05) is 4.88 Å². The third-order valence-electron chi connectivity index (χ3n) is 2.58. The molecule has 0 aliphatic rings. The lowest BCUT2D eigenvalue weighted by molar-refractivity contribution is -0.133. The van der Waals surface area contributed by atoms with E-state index < -0.39 is 17.6 Å². The van der Waals surface area contributed by atoms with Crippen molar-refractivity contribution in [2.75, 3.05) is 10.6 Å². The van der Waals surface area contributed by atoms with Crippen LogP contribution in [0.5, 0.6) is 0 Å². The monoisotopic (exact) mass is 293 g/mol. The number of hydrogen-bond acceptors (Lipinski definition) is 4. The van der Waals surface area contributed by atoms with Gasteiger partial charge in [0.1, 0.15) is 5.82 Å². The Morgan fingerprint density at radius 1 is 1.15 bits per heavy atom. The van der Waals surface area contributed by atoms with Crippen LogP contribution in [-0.2, 0) is 9.59 Å². The highest BCUT2D eigenvalue weighted by Crippen LogP contribution is 2.21. The molecule has 0 saturated carbocycles. The van der Waals surface area contributed by atoms with E-state index in [1.165, 1.54) is 29.5 Å². The SMILES string of the molecule is Cc1nc(NC(=O)C(=O)Nc2ccccc2F)sc1C. The lowest BCUT2D eigenvalue weighted by Crippen LogP contribution is -2.29. The van der Waals surface area contributed by atoms with Crippen LogP contribution in [0.3, 0.4) is 0 Å². The fraction of sp³-hybridized carbons (Fsp3) is 0.154. The van der Waals surface area contributed by atoms with Crippen molar-refractivity contribution < 1.29 is 14.0 Å². The van der Waals surface area contributed by atoms with Crippen molar-refractivity contribution in [2.24, 2.45) is 0 Å². The minimum Gasteiger partial charge on any atom is -0.315 e. The standard InChI is InChI=1S/C13H12FN3O2S/c1-7-8(2)20-13(15-7)17-12(19)11(18)16-10-6-4-3-5-9(10)14/h3-6H,1-2H3,(H,16,18)(H,15,17,19). The summed E-state index contributed by atoms with van der Waals surface area (Å²) in [5.74, 6) is -2.43. The number of nitrogens with zero attached hydrogens (tertiary/aromatic N) is 1. The van der Waals surface area contributed by atoms with Crippen LogP contribution in [0, 0.1) is 19.7 Å². The number of carbonyl (C=O) groups is 2. The third-order valence-corrected chi connectivity index (χ3v) is 3.57. The molecule has 1 heterocycles. The molecule has 0 spiro atoms. The average Bonchev–Trinajstić information content (AvgIpc) is 2.71. The molecular weight excluding hydrogens is 281 g/mol. The molecule has 2 rings (SSSR count). The molecular formula is C13H12FN3O2S. The zero-order valence-corrected chi connectivity index (χ0v) is 11.7. The number of para-hydroxylation sites is 1. The highest BCUT2D eigenvalue weighted by atomic mass is 32.1. The first-order valence-corrected chi connectivity index (χ1v) is 6.60. The molecule has 20 heavy (non-hydrogen) atoms. The van der Waals surface area contributed by atoms with Crippen LogP contribution in [-0.4, -0.2) is 16.8 Å². The van der Waals surface area contributed by atoms with Crippen molar-refractivity contribution >= 4 is 34.0 Å². The molecule has 0 saturated heterocycles. The maximum atomic E-state index is 13.3. The van der Waals surface area contributed by atoms with E-state index in [9.17, 15) is 14.0 Å². The normalized spacial score (nSPS) is 10.2. The first kappa shape index (κ1) is 14.1. The van der Waals surface area contributed by atoms with Gasteiger partial charge in [-0.05, 0) is 26.0 Å². The molecule has 5 nitrogen and oxygen atoms in total. The number of nitrogens with one attached hydrogen (secondary N) is 2. The van der Waals surface area contributed by atoms with E-state index >= 15 is 0 Å².